The van der Waals surface area contributed by atoms with Crippen LogP contribution in [-0.2, 0) is 0 Å². The van der Waals surface area contributed by atoms with E-state index in [4.69, 9.17) is 5.26 Å². The molecule has 16 heavy (non-hydrogen) atoms. The number of aromatic nitrogens is 1. The van der Waals surface area contributed by atoms with E-state index in [1.165, 1.54) is 0 Å². The van der Waals surface area contributed by atoms with E-state index in [-0.39, 0.29) is 5.91 Å². The number of rotatable bonds is 2. The quantitative estimate of drug-likeness (QED) is 0.798. The van der Waals surface area contributed by atoms with Crippen molar-refractivity contribution in [3.63, 3.8) is 0 Å². The van der Waals surface area contributed by atoms with Crippen LogP contribution >= 0.6 is 0 Å². The number of fused-ring (bicyclic) bond motifs is 1. The first kappa shape index (κ1) is 10.2. The van der Waals surface area contributed by atoms with E-state index < -0.39 is 6.04 Å². The van der Waals surface area contributed by atoms with Crippen LogP contribution in [0, 0.1) is 11.3 Å². The molecule has 2 aromatic rings. The number of carbonyl (C=O) groups excluding carboxylic acids is 1. The minimum absolute atomic E-state index is 0.259. The van der Waals surface area contributed by atoms with Gasteiger partial charge in [-0.15, -0.1) is 0 Å². The molecule has 0 unspecified atom stereocenters. The molecule has 4 nitrogen and oxygen atoms in total. The number of H-pyrrole nitrogens is 1. The number of hydrogen-bond acceptors (Lipinski definition) is 2. The lowest BCUT2D eigenvalue weighted by atomic mass is 10.2. The number of amides is 1. The van der Waals surface area contributed by atoms with Crippen molar-refractivity contribution in [2.45, 2.75) is 13.0 Å². The molecule has 4 heteroatoms. The molecule has 2 N–H and O–H groups in total. The van der Waals surface area contributed by atoms with Crippen LogP contribution in [-0.4, -0.2) is 16.9 Å². The van der Waals surface area contributed by atoms with Crippen molar-refractivity contribution in [1.29, 1.82) is 5.26 Å². The molecule has 1 aromatic carbocycles. The van der Waals surface area contributed by atoms with Crippen LogP contribution in [0.25, 0.3) is 10.9 Å². The molecule has 0 spiro atoms. The fraction of sp³-hybridized carbons (Fsp3) is 0.167. The highest BCUT2D eigenvalue weighted by molar-refractivity contribution is 5.98. The Morgan fingerprint density at radius 3 is 2.94 bits per heavy atom. The summed E-state index contributed by atoms with van der Waals surface area (Å²) in [5.74, 6) is -0.259. The summed E-state index contributed by atoms with van der Waals surface area (Å²) >= 11 is 0. The molecule has 0 aliphatic carbocycles. The van der Waals surface area contributed by atoms with Gasteiger partial charge in [0.1, 0.15) is 11.7 Å². The van der Waals surface area contributed by atoms with E-state index in [2.05, 4.69) is 10.3 Å². The lowest BCUT2D eigenvalue weighted by Crippen LogP contribution is -2.31. The van der Waals surface area contributed by atoms with Crippen LogP contribution in [0.1, 0.15) is 17.4 Å². The molecule has 0 fully saturated rings. The minimum Gasteiger partial charge on any atom is -0.351 e. The number of hydrogen-bond donors (Lipinski definition) is 2. The second kappa shape index (κ2) is 4.07. The van der Waals surface area contributed by atoms with E-state index >= 15 is 0 Å². The maximum absolute atomic E-state index is 11.7. The van der Waals surface area contributed by atoms with Crippen molar-refractivity contribution in [2.24, 2.45) is 0 Å². The highest BCUT2D eigenvalue weighted by Gasteiger charge is 2.11. The molecule has 0 saturated heterocycles. The fourth-order valence-electron chi connectivity index (χ4n) is 1.50. The summed E-state index contributed by atoms with van der Waals surface area (Å²) < 4.78 is 0. The van der Waals surface area contributed by atoms with Gasteiger partial charge in [0.25, 0.3) is 5.91 Å². The first-order chi connectivity index (χ1) is 7.70. The molecule has 0 bridgehead atoms. The molecule has 1 atom stereocenters. The molecular formula is C12H11N3O. The smallest absolute Gasteiger partial charge is 0.268 e. The van der Waals surface area contributed by atoms with Gasteiger partial charge >= 0.3 is 0 Å². The van der Waals surface area contributed by atoms with Gasteiger partial charge < -0.3 is 10.3 Å². The average molecular weight is 213 g/mol. The number of benzene rings is 1. The number of nitrogens with zero attached hydrogens (tertiary/aromatic N) is 1. The van der Waals surface area contributed by atoms with Crippen LogP contribution in [0.15, 0.2) is 30.3 Å². The van der Waals surface area contributed by atoms with Gasteiger partial charge in [0, 0.05) is 10.9 Å². The maximum Gasteiger partial charge on any atom is 0.268 e. The van der Waals surface area contributed by atoms with Gasteiger partial charge in [0.15, 0.2) is 0 Å². The Bertz CT molecular complexity index is 532. The largest absolute Gasteiger partial charge is 0.351 e. The number of aromatic amines is 1. The monoisotopic (exact) mass is 213 g/mol. The zero-order valence-corrected chi connectivity index (χ0v) is 8.82. The van der Waals surface area contributed by atoms with Crippen LogP contribution < -0.4 is 5.32 Å². The lowest BCUT2D eigenvalue weighted by Gasteiger charge is -2.03. The van der Waals surface area contributed by atoms with Gasteiger partial charge in [0.2, 0.25) is 0 Å². The minimum atomic E-state index is -0.487. The Balaban J connectivity index is 2.27. The van der Waals surface area contributed by atoms with E-state index in [9.17, 15) is 4.79 Å². The Hall–Kier alpha value is -2.28. The summed E-state index contributed by atoms with van der Waals surface area (Å²) in [5.41, 5.74) is 1.39. The summed E-state index contributed by atoms with van der Waals surface area (Å²) in [6, 6.07) is 10.9. The van der Waals surface area contributed by atoms with Crippen molar-refractivity contribution >= 4 is 16.8 Å². The van der Waals surface area contributed by atoms with E-state index in [0.29, 0.717) is 5.69 Å². The number of carbonyl (C=O) groups is 1. The van der Waals surface area contributed by atoms with Gasteiger partial charge in [-0.2, -0.15) is 5.26 Å². The number of nitrogens with one attached hydrogen (secondary N) is 2. The molecule has 2 rings (SSSR count). The van der Waals surface area contributed by atoms with Gasteiger partial charge in [-0.1, -0.05) is 18.2 Å². The van der Waals surface area contributed by atoms with Crippen LogP contribution in [0.4, 0.5) is 0 Å². The predicted octanol–water partition coefficient (Wildman–Crippen LogP) is 1.81. The number of nitriles is 1. The lowest BCUT2D eigenvalue weighted by molar-refractivity contribution is 0.0943. The van der Waals surface area contributed by atoms with Crippen LogP contribution in [0.5, 0.6) is 0 Å². The third kappa shape index (κ3) is 1.89. The average Bonchev–Trinajstić information content (AvgIpc) is 2.72. The maximum atomic E-state index is 11.7. The van der Waals surface area contributed by atoms with Crippen molar-refractivity contribution < 1.29 is 4.79 Å². The van der Waals surface area contributed by atoms with Crippen LogP contribution in [0.2, 0.25) is 0 Å². The molecule has 0 aliphatic heterocycles. The molecule has 0 saturated carbocycles. The zero-order chi connectivity index (χ0) is 11.5. The third-order valence-corrected chi connectivity index (χ3v) is 2.32. The highest BCUT2D eigenvalue weighted by atomic mass is 16.1. The molecule has 1 heterocycles. The van der Waals surface area contributed by atoms with E-state index in [0.717, 1.165) is 10.9 Å². The van der Waals surface area contributed by atoms with Crippen LogP contribution in [0.3, 0.4) is 0 Å². The molecule has 80 valence electrons. The summed E-state index contributed by atoms with van der Waals surface area (Å²) in [5, 5.41) is 12.2. The summed E-state index contributed by atoms with van der Waals surface area (Å²) in [6.07, 6.45) is 0. The van der Waals surface area contributed by atoms with E-state index in [1.807, 2.05) is 30.3 Å². The highest BCUT2D eigenvalue weighted by Crippen LogP contribution is 2.14. The number of para-hydroxylation sites is 1. The zero-order valence-electron chi connectivity index (χ0n) is 8.82. The fourth-order valence-corrected chi connectivity index (χ4v) is 1.50. The molecule has 0 aliphatic rings. The van der Waals surface area contributed by atoms with E-state index in [1.54, 1.807) is 13.0 Å². The Labute approximate surface area is 92.9 Å². The standard InChI is InChI=1S/C12H11N3O/c1-8(7-13)14-12(16)11-6-9-4-2-3-5-10(9)15-11/h2-6,8,15H,1H3,(H,14,16)/t8-/m1/s1. The summed E-state index contributed by atoms with van der Waals surface area (Å²) in [6.45, 7) is 1.64. The Morgan fingerprint density at radius 1 is 1.50 bits per heavy atom. The molecule has 1 aromatic heterocycles. The van der Waals surface area contributed by atoms with Gasteiger partial charge in [-0.25, -0.2) is 0 Å². The first-order valence-electron chi connectivity index (χ1n) is 4.99. The topological polar surface area (TPSA) is 68.7 Å². The SMILES string of the molecule is C[C@H](C#N)NC(=O)c1cc2ccccc2[nH]1. The Kier molecular flexibility index (Phi) is 2.61. The normalized spacial score (nSPS) is 12.0. The molecule has 0 radical (unpaired) electrons. The predicted molar refractivity (Wildman–Crippen MR) is 60.8 cm³/mol. The van der Waals surface area contributed by atoms with Crippen molar-refractivity contribution in [3.05, 3.63) is 36.0 Å². The summed E-state index contributed by atoms with van der Waals surface area (Å²) in [4.78, 5) is 14.7. The van der Waals surface area contributed by atoms with Gasteiger partial charge in [-0.3, -0.25) is 4.79 Å². The second-order valence-electron chi connectivity index (χ2n) is 3.59. The van der Waals surface area contributed by atoms with Gasteiger partial charge in [-0.05, 0) is 19.1 Å². The molecular weight excluding hydrogens is 202 g/mol. The van der Waals surface area contributed by atoms with Crippen molar-refractivity contribution in [1.82, 2.24) is 10.3 Å². The third-order valence-electron chi connectivity index (χ3n) is 2.32. The van der Waals surface area contributed by atoms with Crippen molar-refractivity contribution in [2.75, 3.05) is 0 Å². The second-order valence-corrected chi connectivity index (χ2v) is 3.59. The Morgan fingerprint density at radius 2 is 2.25 bits per heavy atom. The van der Waals surface area contributed by atoms with Crippen molar-refractivity contribution in [3.8, 4) is 6.07 Å². The summed E-state index contributed by atoms with van der Waals surface area (Å²) in [7, 11) is 0. The van der Waals surface area contributed by atoms with Gasteiger partial charge in [0.05, 0.1) is 6.07 Å². The molecule has 1 amide bonds. The first-order valence-corrected chi connectivity index (χ1v) is 4.99.